The average Bonchev–Trinajstić information content (AvgIpc) is 2.98. The minimum atomic E-state index is -0.338. The minimum Gasteiger partial charge on any atom is -0.497 e. The lowest BCUT2D eigenvalue weighted by Crippen LogP contribution is -2.45. The third kappa shape index (κ3) is 2.82. The second-order valence-electron chi connectivity index (χ2n) is 5.80. The van der Waals surface area contributed by atoms with E-state index in [1.807, 2.05) is 24.3 Å². The van der Waals surface area contributed by atoms with E-state index in [0.717, 1.165) is 43.4 Å². The van der Waals surface area contributed by atoms with Crippen molar-refractivity contribution in [1.82, 2.24) is 5.32 Å². The molecule has 0 heterocycles. The molecule has 0 spiro atoms. The molecule has 1 aliphatic carbocycles. The van der Waals surface area contributed by atoms with Crippen molar-refractivity contribution in [3.63, 3.8) is 0 Å². The van der Waals surface area contributed by atoms with Crippen LogP contribution >= 0.6 is 0 Å². The standard InChI is InChI=1S/C17H25NO2/c1-4-13(2)18-16(19)17(11-5-6-12-17)14-7-9-15(20-3)10-8-14/h7-10,13H,4-6,11-12H2,1-3H3,(H,18,19). The summed E-state index contributed by atoms with van der Waals surface area (Å²) in [5, 5.41) is 3.17. The maximum atomic E-state index is 12.7. The third-order valence-electron chi connectivity index (χ3n) is 4.52. The Morgan fingerprint density at radius 1 is 1.30 bits per heavy atom. The Balaban J connectivity index is 2.26. The topological polar surface area (TPSA) is 38.3 Å². The van der Waals surface area contributed by atoms with Crippen LogP contribution in [0.15, 0.2) is 24.3 Å². The molecule has 3 nitrogen and oxygen atoms in total. The Morgan fingerprint density at radius 2 is 1.90 bits per heavy atom. The summed E-state index contributed by atoms with van der Waals surface area (Å²) in [5.41, 5.74) is 0.784. The van der Waals surface area contributed by atoms with E-state index in [9.17, 15) is 4.79 Å². The largest absolute Gasteiger partial charge is 0.497 e. The number of amides is 1. The van der Waals surface area contributed by atoms with Crippen molar-refractivity contribution < 1.29 is 9.53 Å². The molecule has 0 aromatic heterocycles. The monoisotopic (exact) mass is 275 g/mol. The summed E-state index contributed by atoms with van der Waals surface area (Å²) < 4.78 is 5.21. The molecule has 1 aromatic carbocycles. The van der Waals surface area contributed by atoms with Crippen LogP contribution in [0, 0.1) is 0 Å². The molecule has 1 fully saturated rings. The lowest BCUT2D eigenvalue weighted by molar-refractivity contribution is -0.127. The highest BCUT2D eigenvalue weighted by atomic mass is 16.5. The molecular weight excluding hydrogens is 250 g/mol. The molecule has 0 saturated heterocycles. The summed E-state index contributed by atoms with van der Waals surface area (Å²) in [5.74, 6) is 1.03. The molecule has 0 bridgehead atoms. The Labute approximate surface area is 121 Å². The van der Waals surface area contributed by atoms with Crippen molar-refractivity contribution in [3.8, 4) is 5.75 Å². The Kier molecular flexibility index (Phi) is 4.69. The van der Waals surface area contributed by atoms with Crippen molar-refractivity contribution in [2.75, 3.05) is 7.11 Å². The van der Waals surface area contributed by atoms with Crippen LogP contribution in [0.4, 0.5) is 0 Å². The predicted molar refractivity (Wildman–Crippen MR) is 81.0 cm³/mol. The van der Waals surface area contributed by atoms with Crippen molar-refractivity contribution >= 4 is 5.91 Å². The van der Waals surface area contributed by atoms with E-state index in [4.69, 9.17) is 4.74 Å². The van der Waals surface area contributed by atoms with Crippen molar-refractivity contribution in [2.24, 2.45) is 0 Å². The van der Waals surface area contributed by atoms with E-state index < -0.39 is 0 Å². The summed E-state index contributed by atoms with van der Waals surface area (Å²) in [4.78, 5) is 12.7. The smallest absolute Gasteiger partial charge is 0.230 e. The summed E-state index contributed by atoms with van der Waals surface area (Å²) in [7, 11) is 1.66. The molecule has 1 saturated carbocycles. The Morgan fingerprint density at radius 3 is 2.40 bits per heavy atom. The van der Waals surface area contributed by atoms with E-state index in [2.05, 4.69) is 19.2 Å². The number of nitrogens with one attached hydrogen (secondary N) is 1. The van der Waals surface area contributed by atoms with Gasteiger partial charge in [0.15, 0.2) is 0 Å². The van der Waals surface area contributed by atoms with E-state index >= 15 is 0 Å². The Bertz CT molecular complexity index is 447. The fourth-order valence-electron chi connectivity index (χ4n) is 3.00. The molecule has 20 heavy (non-hydrogen) atoms. The summed E-state index contributed by atoms with van der Waals surface area (Å²) >= 11 is 0. The van der Waals surface area contributed by atoms with Gasteiger partial charge in [-0.05, 0) is 43.9 Å². The maximum absolute atomic E-state index is 12.7. The van der Waals surface area contributed by atoms with Gasteiger partial charge in [-0.15, -0.1) is 0 Å². The van der Waals surface area contributed by atoms with Gasteiger partial charge in [0.1, 0.15) is 5.75 Å². The summed E-state index contributed by atoms with van der Waals surface area (Å²) in [6, 6.07) is 8.22. The number of hydrogen-bond donors (Lipinski definition) is 1. The maximum Gasteiger partial charge on any atom is 0.230 e. The first-order valence-corrected chi connectivity index (χ1v) is 7.58. The molecule has 3 heteroatoms. The van der Waals surface area contributed by atoms with Crippen molar-refractivity contribution in [2.45, 2.75) is 57.4 Å². The van der Waals surface area contributed by atoms with Gasteiger partial charge < -0.3 is 10.1 Å². The molecule has 0 radical (unpaired) electrons. The molecule has 1 amide bonds. The SMILES string of the molecule is CCC(C)NC(=O)C1(c2ccc(OC)cc2)CCCC1. The first-order chi connectivity index (χ1) is 9.62. The number of benzene rings is 1. The number of hydrogen-bond acceptors (Lipinski definition) is 2. The van der Waals surface area contributed by atoms with Crippen LogP contribution in [-0.2, 0) is 10.2 Å². The Hall–Kier alpha value is -1.51. The fourth-order valence-corrected chi connectivity index (χ4v) is 3.00. The molecule has 1 N–H and O–H groups in total. The number of carbonyl (C=O) groups is 1. The molecule has 110 valence electrons. The first-order valence-electron chi connectivity index (χ1n) is 7.58. The zero-order valence-electron chi connectivity index (χ0n) is 12.7. The van der Waals surface area contributed by atoms with Gasteiger partial charge in [-0.1, -0.05) is 31.9 Å². The van der Waals surface area contributed by atoms with Gasteiger partial charge in [0.2, 0.25) is 5.91 Å². The zero-order chi connectivity index (χ0) is 14.6. The quantitative estimate of drug-likeness (QED) is 0.894. The van der Waals surface area contributed by atoms with E-state index in [-0.39, 0.29) is 17.4 Å². The van der Waals surface area contributed by atoms with Crippen LogP contribution in [0.2, 0.25) is 0 Å². The molecule has 1 unspecified atom stereocenters. The van der Waals surface area contributed by atoms with Gasteiger partial charge in [0, 0.05) is 6.04 Å². The van der Waals surface area contributed by atoms with Crippen LogP contribution in [0.25, 0.3) is 0 Å². The van der Waals surface area contributed by atoms with Crippen LogP contribution in [0.3, 0.4) is 0 Å². The number of carbonyl (C=O) groups excluding carboxylic acids is 1. The van der Waals surface area contributed by atoms with Crippen LogP contribution in [0.5, 0.6) is 5.75 Å². The molecular formula is C17H25NO2. The van der Waals surface area contributed by atoms with Crippen LogP contribution in [-0.4, -0.2) is 19.1 Å². The lowest BCUT2D eigenvalue weighted by Gasteiger charge is -2.30. The van der Waals surface area contributed by atoms with Crippen molar-refractivity contribution in [3.05, 3.63) is 29.8 Å². The van der Waals surface area contributed by atoms with E-state index in [1.165, 1.54) is 0 Å². The second kappa shape index (κ2) is 6.29. The van der Waals surface area contributed by atoms with E-state index in [1.54, 1.807) is 7.11 Å². The van der Waals surface area contributed by atoms with E-state index in [0.29, 0.717) is 0 Å². The lowest BCUT2D eigenvalue weighted by atomic mass is 9.77. The van der Waals surface area contributed by atoms with Gasteiger partial charge in [0.05, 0.1) is 12.5 Å². The highest BCUT2D eigenvalue weighted by molar-refractivity contribution is 5.88. The normalized spacial score (nSPS) is 18.6. The van der Waals surface area contributed by atoms with Crippen molar-refractivity contribution in [1.29, 1.82) is 0 Å². The number of methoxy groups -OCH3 is 1. The average molecular weight is 275 g/mol. The highest BCUT2D eigenvalue weighted by Crippen LogP contribution is 2.41. The molecule has 0 aliphatic heterocycles. The van der Waals surface area contributed by atoms with Gasteiger partial charge in [-0.3, -0.25) is 4.79 Å². The van der Waals surface area contributed by atoms with Gasteiger partial charge in [-0.25, -0.2) is 0 Å². The van der Waals surface area contributed by atoms with Gasteiger partial charge in [0.25, 0.3) is 0 Å². The minimum absolute atomic E-state index is 0.189. The molecule has 1 aliphatic rings. The number of rotatable bonds is 5. The highest BCUT2D eigenvalue weighted by Gasteiger charge is 2.42. The summed E-state index contributed by atoms with van der Waals surface area (Å²) in [6.45, 7) is 4.16. The first kappa shape index (κ1) is 14.9. The van der Waals surface area contributed by atoms with Crippen LogP contribution in [0.1, 0.15) is 51.5 Å². The third-order valence-corrected chi connectivity index (χ3v) is 4.52. The molecule has 1 aromatic rings. The molecule has 1 atom stereocenters. The zero-order valence-corrected chi connectivity index (χ0v) is 12.7. The van der Waals surface area contributed by atoms with Gasteiger partial charge in [-0.2, -0.15) is 0 Å². The van der Waals surface area contributed by atoms with Crippen LogP contribution < -0.4 is 10.1 Å². The predicted octanol–water partition coefficient (Wildman–Crippen LogP) is 3.42. The summed E-state index contributed by atoms with van der Waals surface area (Å²) in [6.07, 6.45) is 5.10. The second-order valence-corrected chi connectivity index (χ2v) is 5.80. The van der Waals surface area contributed by atoms with Gasteiger partial charge >= 0.3 is 0 Å². The molecule has 2 rings (SSSR count). The fraction of sp³-hybridized carbons (Fsp3) is 0.588. The number of ether oxygens (including phenoxy) is 1.